The van der Waals surface area contributed by atoms with Gasteiger partial charge in [0.05, 0.1) is 0 Å². The molecule has 0 aromatic rings. The van der Waals surface area contributed by atoms with E-state index in [0.717, 1.165) is 0 Å². The highest BCUT2D eigenvalue weighted by molar-refractivity contribution is 5.31. The van der Waals surface area contributed by atoms with Gasteiger partial charge < -0.3 is 0 Å². The molecule has 3 aliphatic rings. The van der Waals surface area contributed by atoms with E-state index in [-0.39, 0.29) is 0 Å². The molecule has 0 aromatic carbocycles. The summed E-state index contributed by atoms with van der Waals surface area (Å²) in [6.45, 7) is 0. The zero-order valence-corrected chi connectivity index (χ0v) is 16.0. The molecule has 0 radical (unpaired) electrons. The van der Waals surface area contributed by atoms with E-state index in [1.54, 1.807) is 0 Å². The second-order valence-corrected chi connectivity index (χ2v) is 7.22. The molecule has 0 fully saturated rings. The molecule has 0 N–H and O–H groups in total. The average Bonchev–Trinajstić information content (AvgIpc) is 2.62. The summed E-state index contributed by atoms with van der Waals surface area (Å²) in [4.78, 5) is 0. The normalized spacial score (nSPS) is 21.8. The number of hydrogen-bond acceptors (Lipinski definition) is 0. The monoisotopic (exact) mass is 336 g/mol. The summed E-state index contributed by atoms with van der Waals surface area (Å²) in [6, 6.07) is 0. The maximum Gasteiger partial charge on any atom is -0.0303 e. The Labute approximate surface area is 155 Å². The van der Waals surface area contributed by atoms with Gasteiger partial charge in [-0.05, 0) is 75.4 Å². The molecule has 0 aromatic heterocycles. The number of fused-ring (bicyclic) bond motifs is 16. The summed E-state index contributed by atoms with van der Waals surface area (Å²) >= 11 is 0. The molecule has 3 aliphatic carbocycles. The van der Waals surface area contributed by atoms with Gasteiger partial charge in [-0.2, -0.15) is 0 Å². The third kappa shape index (κ3) is 10.1. The van der Waals surface area contributed by atoms with Crippen molar-refractivity contribution in [2.24, 2.45) is 0 Å². The first-order valence-electron chi connectivity index (χ1n) is 10.5. The van der Waals surface area contributed by atoms with Gasteiger partial charge in [-0.25, -0.2) is 0 Å². The van der Waals surface area contributed by atoms with Gasteiger partial charge in [-0.15, -0.1) is 0 Å². The highest BCUT2D eigenvalue weighted by atomic mass is 14.0. The minimum absolute atomic E-state index is 1.17. The summed E-state index contributed by atoms with van der Waals surface area (Å²) < 4.78 is 0. The Morgan fingerprint density at radius 3 is 1.12 bits per heavy atom. The van der Waals surface area contributed by atoms with Crippen molar-refractivity contribution >= 4 is 0 Å². The predicted molar refractivity (Wildman–Crippen MR) is 113 cm³/mol. The lowest BCUT2D eigenvalue weighted by Crippen LogP contribution is -1.82. The fourth-order valence-electron chi connectivity index (χ4n) is 3.32. The minimum atomic E-state index is 1.17. The first-order chi connectivity index (χ1) is 12.4. The van der Waals surface area contributed by atoms with Crippen molar-refractivity contribution in [2.75, 3.05) is 0 Å². The van der Waals surface area contributed by atoms with Crippen molar-refractivity contribution < 1.29 is 0 Å². The van der Waals surface area contributed by atoms with Gasteiger partial charge in [-0.3, -0.25) is 0 Å². The largest absolute Gasteiger partial charge is 0.0839 e. The molecule has 0 nitrogen and oxygen atoms in total. The van der Waals surface area contributed by atoms with Crippen molar-refractivity contribution in [1.82, 2.24) is 0 Å². The summed E-state index contributed by atoms with van der Waals surface area (Å²) in [5.41, 5.74) is 2.81. The highest BCUT2D eigenvalue weighted by Crippen LogP contribution is 2.14. The molecule has 0 saturated heterocycles. The third-order valence-electron chi connectivity index (χ3n) is 4.89. The van der Waals surface area contributed by atoms with E-state index in [4.69, 9.17) is 0 Å². The molecular weight excluding hydrogens is 300 g/mol. The van der Waals surface area contributed by atoms with Crippen molar-refractivity contribution in [3.8, 4) is 0 Å². The summed E-state index contributed by atoms with van der Waals surface area (Å²) in [7, 11) is 0. The van der Waals surface area contributed by atoms with E-state index in [9.17, 15) is 0 Å². The van der Waals surface area contributed by atoms with Crippen LogP contribution in [0, 0.1) is 0 Å². The van der Waals surface area contributed by atoms with Crippen LogP contribution in [0.15, 0.2) is 71.9 Å². The van der Waals surface area contributed by atoms with Crippen LogP contribution in [0.25, 0.3) is 0 Å². The average molecular weight is 337 g/mol. The SMILES string of the molecule is C1=CC2=CCCCCCCCC=C(C=CCCC1)C=CCCCC=C2. The van der Waals surface area contributed by atoms with Crippen LogP contribution < -0.4 is 0 Å². The molecule has 0 spiro atoms. The Morgan fingerprint density at radius 2 is 0.720 bits per heavy atom. The van der Waals surface area contributed by atoms with E-state index < -0.39 is 0 Å². The molecule has 136 valence electrons. The summed E-state index contributed by atoms with van der Waals surface area (Å²) in [5.74, 6) is 0. The van der Waals surface area contributed by atoms with Crippen LogP contribution in [0.2, 0.25) is 0 Å². The number of hydrogen-bond donors (Lipinski definition) is 0. The van der Waals surface area contributed by atoms with Crippen LogP contribution in [0.5, 0.6) is 0 Å². The number of allylic oxidation sites excluding steroid dienone is 12. The van der Waals surface area contributed by atoms with Gasteiger partial charge in [0.1, 0.15) is 0 Å². The molecule has 0 atom stereocenters. The molecule has 0 saturated carbocycles. The van der Waals surface area contributed by atoms with E-state index in [1.807, 2.05) is 0 Å². The first kappa shape index (κ1) is 19.8. The van der Waals surface area contributed by atoms with Crippen LogP contribution in [0.3, 0.4) is 0 Å². The zero-order chi connectivity index (χ0) is 17.4. The fraction of sp³-hybridized carbons (Fsp3) is 0.520. The maximum absolute atomic E-state index is 2.44. The Balaban J connectivity index is 2.14. The quantitative estimate of drug-likeness (QED) is 0.418. The molecule has 2 bridgehead atoms. The molecule has 0 heteroatoms. The highest BCUT2D eigenvalue weighted by Gasteiger charge is 1.94. The molecular formula is C25H36. The van der Waals surface area contributed by atoms with E-state index in [2.05, 4.69) is 60.8 Å². The van der Waals surface area contributed by atoms with E-state index in [1.165, 1.54) is 94.6 Å². The minimum Gasteiger partial charge on any atom is -0.0839 e. The Hall–Kier alpha value is -1.56. The lowest BCUT2D eigenvalue weighted by Gasteiger charge is -2.02. The van der Waals surface area contributed by atoms with E-state index in [0.29, 0.717) is 0 Å². The van der Waals surface area contributed by atoms with Crippen molar-refractivity contribution in [3.05, 3.63) is 71.9 Å². The standard InChI is InChI=1S/C25H36/c1-2-6-12-18-24-20-14-8-4-10-16-22-25(19-13-7-3-1)23-17-11-5-9-15-21-24/h14-23H,1-13H2. The first-order valence-corrected chi connectivity index (χ1v) is 10.5. The van der Waals surface area contributed by atoms with E-state index >= 15 is 0 Å². The Bertz CT molecular complexity index is 442. The van der Waals surface area contributed by atoms with Gasteiger partial charge >= 0.3 is 0 Å². The summed E-state index contributed by atoms with van der Waals surface area (Å²) in [6.07, 6.45) is 40.0. The van der Waals surface area contributed by atoms with Crippen molar-refractivity contribution in [3.63, 3.8) is 0 Å². The topological polar surface area (TPSA) is 0 Å². The smallest absolute Gasteiger partial charge is 0.0303 e. The molecule has 25 heavy (non-hydrogen) atoms. The van der Waals surface area contributed by atoms with Gasteiger partial charge in [0.15, 0.2) is 0 Å². The molecule has 0 aliphatic heterocycles. The summed E-state index contributed by atoms with van der Waals surface area (Å²) in [5, 5.41) is 0. The lowest BCUT2D eigenvalue weighted by atomic mass is 10.0. The molecule has 3 rings (SSSR count). The van der Waals surface area contributed by atoms with Crippen LogP contribution >= 0.6 is 0 Å². The number of rotatable bonds is 0. The van der Waals surface area contributed by atoms with Gasteiger partial charge in [0.2, 0.25) is 0 Å². The van der Waals surface area contributed by atoms with Crippen LogP contribution in [0.4, 0.5) is 0 Å². The lowest BCUT2D eigenvalue weighted by molar-refractivity contribution is 0.621. The van der Waals surface area contributed by atoms with Crippen LogP contribution in [-0.4, -0.2) is 0 Å². The second-order valence-electron chi connectivity index (χ2n) is 7.22. The zero-order valence-electron chi connectivity index (χ0n) is 16.0. The Morgan fingerprint density at radius 1 is 0.360 bits per heavy atom. The van der Waals surface area contributed by atoms with Crippen LogP contribution in [0.1, 0.15) is 83.5 Å². The van der Waals surface area contributed by atoms with Gasteiger partial charge in [0, 0.05) is 0 Å². The predicted octanol–water partition coefficient (Wildman–Crippen LogP) is 8.16. The van der Waals surface area contributed by atoms with Gasteiger partial charge in [0.25, 0.3) is 0 Å². The second kappa shape index (κ2) is 13.7. The van der Waals surface area contributed by atoms with Crippen molar-refractivity contribution in [2.45, 2.75) is 83.5 Å². The molecule has 0 unspecified atom stereocenters. The van der Waals surface area contributed by atoms with Crippen LogP contribution in [-0.2, 0) is 0 Å². The molecule has 0 heterocycles. The Kier molecular flexibility index (Phi) is 10.8. The fourth-order valence-corrected chi connectivity index (χ4v) is 3.32. The maximum atomic E-state index is 2.44. The van der Waals surface area contributed by atoms with Crippen molar-refractivity contribution in [1.29, 1.82) is 0 Å². The third-order valence-corrected chi connectivity index (χ3v) is 4.89. The van der Waals surface area contributed by atoms with Gasteiger partial charge in [-0.1, -0.05) is 80.0 Å². The molecule has 0 amide bonds.